The summed E-state index contributed by atoms with van der Waals surface area (Å²) in [6.45, 7) is 0.778. The Bertz CT molecular complexity index is 1020. The first-order valence-electron chi connectivity index (χ1n) is 10.3. The van der Waals surface area contributed by atoms with Crippen molar-refractivity contribution in [2.45, 2.75) is 50.0 Å². The third-order valence-electron chi connectivity index (χ3n) is 6.57. The van der Waals surface area contributed by atoms with Crippen molar-refractivity contribution in [3.63, 3.8) is 0 Å². The molecule has 1 unspecified atom stereocenters. The maximum absolute atomic E-state index is 14.0. The van der Waals surface area contributed by atoms with Crippen LogP contribution >= 0.6 is 0 Å². The first kappa shape index (κ1) is 18.1. The highest BCUT2D eigenvalue weighted by Crippen LogP contribution is 2.46. The first-order chi connectivity index (χ1) is 14.2. The SMILES string of the molecule is COc1ccc(C2(C(=O)N3CCCC3c3ccnc4ncnn34)CCCC2)cc1. The van der Waals surface area contributed by atoms with Crippen LogP contribution in [0, 0.1) is 0 Å². The minimum atomic E-state index is -0.441. The van der Waals surface area contributed by atoms with Crippen LogP contribution in [0.5, 0.6) is 5.75 Å². The van der Waals surface area contributed by atoms with E-state index in [-0.39, 0.29) is 11.9 Å². The minimum absolute atomic E-state index is 0.00502. The van der Waals surface area contributed by atoms with E-state index in [1.54, 1.807) is 17.8 Å². The second-order valence-electron chi connectivity index (χ2n) is 8.02. The highest BCUT2D eigenvalue weighted by Gasteiger charge is 2.47. The molecule has 0 bridgehead atoms. The second-order valence-corrected chi connectivity index (χ2v) is 8.02. The summed E-state index contributed by atoms with van der Waals surface area (Å²) < 4.78 is 7.09. The summed E-state index contributed by atoms with van der Waals surface area (Å²) in [6.07, 6.45) is 9.17. The molecule has 2 aliphatic rings. The van der Waals surface area contributed by atoms with Crippen molar-refractivity contribution in [3.05, 3.63) is 54.1 Å². The average Bonchev–Trinajstić information content (AvgIpc) is 3.53. The summed E-state index contributed by atoms with van der Waals surface area (Å²) in [5.74, 6) is 1.64. The molecule has 29 heavy (non-hydrogen) atoms. The third kappa shape index (κ3) is 2.87. The molecule has 0 radical (unpaired) electrons. The van der Waals surface area contributed by atoms with E-state index in [4.69, 9.17) is 4.74 Å². The summed E-state index contributed by atoms with van der Waals surface area (Å²) in [5, 5.41) is 4.34. The lowest BCUT2D eigenvalue weighted by molar-refractivity contribution is -0.138. The fourth-order valence-corrected chi connectivity index (χ4v) is 5.12. The zero-order valence-corrected chi connectivity index (χ0v) is 16.6. The third-order valence-corrected chi connectivity index (χ3v) is 6.57. The summed E-state index contributed by atoms with van der Waals surface area (Å²) in [5.41, 5.74) is 1.65. The zero-order valence-electron chi connectivity index (χ0n) is 16.6. The molecule has 7 nitrogen and oxygen atoms in total. The van der Waals surface area contributed by atoms with Gasteiger partial charge in [-0.1, -0.05) is 25.0 Å². The van der Waals surface area contributed by atoms with Crippen LogP contribution in [0.15, 0.2) is 42.9 Å². The predicted octanol–water partition coefficient (Wildman–Crippen LogP) is 3.31. The molecule has 1 saturated carbocycles. The summed E-state index contributed by atoms with van der Waals surface area (Å²) in [4.78, 5) is 24.6. The largest absolute Gasteiger partial charge is 0.497 e. The maximum atomic E-state index is 14.0. The lowest BCUT2D eigenvalue weighted by Crippen LogP contribution is -2.45. The monoisotopic (exact) mass is 391 g/mol. The Kier molecular flexibility index (Phi) is 4.45. The van der Waals surface area contributed by atoms with Crippen molar-refractivity contribution >= 4 is 11.7 Å². The van der Waals surface area contributed by atoms with Gasteiger partial charge in [-0.05, 0) is 49.4 Å². The summed E-state index contributed by atoms with van der Waals surface area (Å²) in [7, 11) is 1.67. The second kappa shape index (κ2) is 7.13. The number of amides is 1. The Morgan fingerprint density at radius 3 is 2.66 bits per heavy atom. The van der Waals surface area contributed by atoms with Gasteiger partial charge in [-0.25, -0.2) is 4.98 Å². The molecule has 0 spiro atoms. The van der Waals surface area contributed by atoms with E-state index in [9.17, 15) is 4.79 Å². The molecule has 1 aliphatic carbocycles. The Morgan fingerprint density at radius 1 is 1.10 bits per heavy atom. The molecule has 0 N–H and O–H groups in total. The van der Waals surface area contributed by atoms with Crippen molar-refractivity contribution in [2.75, 3.05) is 13.7 Å². The number of benzene rings is 1. The molecule has 1 saturated heterocycles. The quantitative estimate of drug-likeness (QED) is 0.682. The van der Waals surface area contributed by atoms with Crippen LogP contribution in [-0.4, -0.2) is 44.0 Å². The van der Waals surface area contributed by atoms with Gasteiger partial charge < -0.3 is 9.64 Å². The van der Waals surface area contributed by atoms with Crippen LogP contribution in [0.4, 0.5) is 0 Å². The van der Waals surface area contributed by atoms with Gasteiger partial charge in [0.05, 0.1) is 24.3 Å². The smallest absolute Gasteiger partial charge is 0.252 e. The van der Waals surface area contributed by atoms with Gasteiger partial charge in [-0.2, -0.15) is 14.6 Å². The number of ether oxygens (including phenoxy) is 1. The molecule has 2 fully saturated rings. The number of carbonyl (C=O) groups is 1. The van der Waals surface area contributed by atoms with Crippen LogP contribution in [0.1, 0.15) is 55.8 Å². The van der Waals surface area contributed by atoms with E-state index in [1.165, 1.54) is 6.33 Å². The molecule has 1 atom stereocenters. The van der Waals surface area contributed by atoms with E-state index >= 15 is 0 Å². The van der Waals surface area contributed by atoms with Crippen molar-refractivity contribution in [1.82, 2.24) is 24.5 Å². The van der Waals surface area contributed by atoms with Crippen LogP contribution in [0.2, 0.25) is 0 Å². The number of carbonyl (C=O) groups excluding carboxylic acids is 1. The number of rotatable bonds is 4. The Labute approximate surface area is 169 Å². The van der Waals surface area contributed by atoms with E-state index < -0.39 is 5.41 Å². The number of hydrogen-bond donors (Lipinski definition) is 0. The van der Waals surface area contributed by atoms with Crippen LogP contribution in [0.3, 0.4) is 0 Å². The highest BCUT2D eigenvalue weighted by molar-refractivity contribution is 5.89. The Balaban J connectivity index is 1.52. The average molecular weight is 391 g/mol. The fourth-order valence-electron chi connectivity index (χ4n) is 5.12. The number of fused-ring (bicyclic) bond motifs is 1. The molecular formula is C22H25N5O2. The number of likely N-dealkylation sites (tertiary alicyclic amines) is 1. The van der Waals surface area contributed by atoms with Crippen LogP contribution < -0.4 is 4.74 Å². The first-order valence-corrected chi connectivity index (χ1v) is 10.3. The van der Waals surface area contributed by atoms with Gasteiger partial charge in [0, 0.05) is 12.7 Å². The van der Waals surface area contributed by atoms with E-state index in [0.717, 1.165) is 62.1 Å². The lowest BCUT2D eigenvalue weighted by atomic mass is 9.77. The number of nitrogens with zero attached hydrogens (tertiary/aromatic N) is 5. The molecule has 1 aliphatic heterocycles. The molecule has 2 aromatic heterocycles. The van der Waals surface area contributed by atoms with Gasteiger partial charge >= 0.3 is 0 Å². The van der Waals surface area contributed by atoms with Gasteiger partial charge in [0.15, 0.2) is 0 Å². The summed E-state index contributed by atoms with van der Waals surface area (Å²) >= 11 is 0. The lowest BCUT2D eigenvalue weighted by Gasteiger charge is -2.36. The molecule has 150 valence electrons. The number of methoxy groups -OCH3 is 1. The number of hydrogen-bond acceptors (Lipinski definition) is 5. The molecule has 1 aromatic carbocycles. The van der Waals surface area contributed by atoms with Crippen LogP contribution in [-0.2, 0) is 10.2 Å². The van der Waals surface area contributed by atoms with Gasteiger partial charge in [-0.15, -0.1) is 0 Å². The fraction of sp³-hybridized carbons (Fsp3) is 0.455. The molecular weight excluding hydrogens is 366 g/mol. The molecule has 1 amide bonds. The van der Waals surface area contributed by atoms with E-state index in [1.807, 2.05) is 18.2 Å². The van der Waals surface area contributed by atoms with Gasteiger partial charge in [0.1, 0.15) is 12.1 Å². The van der Waals surface area contributed by atoms with E-state index in [2.05, 4.69) is 32.1 Å². The summed E-state index contributed by atoms with van der Waals surface area (Å²) in [6, 6.07) is 10.0. The van der Waals surface area contributed by atoms with Crippen molar-refractivity contribution < 1.29 is 9.53 Å². The highest BCUT2D eigenvalue weighted by atomic mass is 16.5. The molecule has 5 rings (SSSR count). The van der Waals surface area contributed by atoms with E-state index in [0.29, 0.717) is 5.78 Å². The van der Waals surface area contributed by atoms with Gasteiger partial charge in [0.25, 0.3) is 5.78 Å². The minimum Gasteiger partial charge on any atom is -0.497 e. The number of aromatic nitrogens is 4. The van der Waals surface area contributed by atoms with Gasteiger partial charge in [-0.3, -0.25) is 4.79 Å². The molecule has 7 heteroatoms. The standard InChI is InChI=1S/C22H25N5O2/c1-29-17-8-6-16(7-9-17)22(11-2-3-12-22)20(28)26-14-4-5-18(26)19-10-13-23-21-24-15-25-27(19)21/h6-10,13,15,18H,2-5,11-12,14H2,1H3. The maximum Gasteiger partial charge on any atom is 0.252 e. The topological polar surface area (TPSA) is 72.6 Å². The van der Waals surface area contributed by atoms with Crippen LogP contribution in [0.25, 0.3) is 5.78 Å². The van der Waals surface area contributed by atoms with Crippen molar-refractivity contribution in [1.29, 1.82) is 0 Å². The molecule has 3 heterocycles. The van der Waals surface area contributed by atoms with Crippen molar-refractivity contribution in [2.24, 2.45) is 0 Å². The van der Waals surface area contributed by atoms with Gasteiger partial charge in [0.2, 0.25) is 5.91 Å². The Morgan fingerprint density at radius 2 is 1.90 bits per heavy atom. The van der Waals surface area contributed by atoms with Crippen molar-refractivity contribution in [3.8, 4) is 5.75 Å². The molecule has 3 aromatic rings. The Hall–Kier alpha value is -2.96. The predicted molar refractivity (Wildman–Crippen MR) is 108 cm³/mol. The zero-order chi connectivity index (χ0) is 19.8. The normalized spacial score (nSPS) is 21.0.